The highest BCUT2D eigenvalue weighted by molar-refractivity contribution is 5.32. The molecule has 1 aromatic heterocycles. The van der Waals surface area contributed by atoms with Crippen molar-refractivity contribution in [1.29, 1.82) is 0 Å². The molecule has 0 radical (unpaired) electrons. The van der Waals surface area contributed by atoms with Crippen molar-refractivity contribution < 1.29 is 0 Å². The number of aromatic nitrogens is 4. The van der Waals surface area contributed by atoms with E-state index in [2.05, 4.69) is 69.4 Å². The summed E-state index contributed by atoms with van der Waals surface area (Å²) in [6.07, 6.45) is 0. The fourth-order valence-corrected chi connectivity index (χ4v) is 3.00. The molecule has 0 spiro atoms. The first-order valence-electron chi connectivity index (χ1n) is 8.58. The Morgan fingerprint density at radius 3 is 1.85 bits per heavy atom. The minimum atomic E-state index is 0.0679. The smallest absolute Gasteiger partial charge is 0.170 e. The van der Waals surface area contributed by atoms with Crippen molar-refractivity contribution in [3.63, 3.8) is 0 Å². The molecule has 0 saturated heterocycles. The number of hydrogen-bond acceptors (Lipinski definition) is 4. The van der Waals surface area contributed by atoms with E-state index in [0.29, 0.717) is 6.54 Å². The molecule has 0 fully saturated rings. The van der Waals surface area contributed by atoms with Crippen molar-refractivity contribution in [3.8, 4) is 5.69 Å². The molecule has 1 N–H and O–H groups in total. The number of nitrogens with zero attached hydrogens (tertiary/aromatic N) is 4. The van der Waals surface area contributed by atoms with E-state index in [1.807, 2.05) is 42.5 Å². The maximum Gasteiger partial charge on any atom is 0.170 e. The van der Waals surface area contributed by atoms with Crippen LogP contribution in [0.1, 0.15) is 23.0 Å². The third-order valence-electron chi connectivity index (χ3n) is 4.26. The second-order valence-electron chi connectivity index (χ2n) is 5.98. The zero-order valence-corrected chi connectivity index (χ0v) is 14.2. The lowest BCUT2D eigenvalue weighted by atomic mass is 9.99. The highest BCUT2D eigenvalue weighted by Gasteiger charge is 2.15. The molecule has 0 bridgehead atoms. The van der Waals surface area contributed by atoms with Crippen molar-refractivity contribution in [3.05, 3.63) is 108 Å². The Morgan fingerprint density at radius 1 is 0.731 bits per heavy atom. The number of hydrogen-bond donors (Lipinski definition) is 1. The summed E-state index contributed by atoms with van der Waals surface area (Å²) in [6, 6.07) is 30.8. The van der Waals surface area contributed by atoms with E-state index in [4.69, 9.17) is 0 Å². The van der Waals surface area contributed by atoms with Gasteiger partial charge in [0, 0.05) is 0 Å². The first-order valence-corrected chi connectivity index (χ1v) is 8.58. The van der Waals surface area contributed by atoms with E-state index in [0.717, 1.165) is 11.5 Å². The van der Waals surface area contributed by atoms with Crippen molar-refractivity contribution >= 4 is 0 Å². The van der Waals surface area contributed by atoms with E-state index in [1.54, 1.807) is 4.68 Å². The lowest BCUT2D eigenvalue weighted by Crippen LogP contribution is -2.24. The van der Waals surface area contributed by atoms with Gasteiger partial charge in [0.05, 0.1) is 18.3 Å². The molecular formula is C21H19N5. The average molecular weight is 341 g/mol. The third kappa shape index (κ3) is 3.53. The summed E-state index contributed by atoms with van der Waals surface area (Å²) in [4.78, 5) is 0. The summed E-state index contributed by atoms with van der Waals surface area (Å²) < 4.78 is 1.76. The fraction of sp³-hybridized carbons (Fsp3) is 0.0952. The van der Waals surface area contributed by atoms with Gasteiger partial charge < -0.3 is 0 Å². The quantitative estimate of drug-likeness (QED) is 0.583. The van der Waals surface area contributed by atoms with Gasteiger partial charge in [0.15, 0.2) is 5.82 Å². The number of nitrogens with one attached hydrogen (secondary N) is 1. The Bertz CT molecular complexity index is 896. The maximum atomic E-state index is 4.19. The second-order valence-corrected chi connectivity index (χ2v) is 5.98. The van der Waals surface area contributed by atoms with Gasteiger partial charge in [-0.05, 0) is 33.7 Å². The van der Waals surface area contributed by atoms with Gasteiger partial charge in [0.1, 0.15) is 0 Å². The van der Waals surface area contributed by atoms with Crippen molar-refractivity contribution in [2.24, 2.45) is 0 Å². The SMILES string of the molecule is c1ccc(C(NCc2nnnn2-c2ccccc2)c2ccccc2)cc1. The summed E-state index contributed by atoms with van der Waals surface area (Å²) in [5.74, 6) is 0.771. The van der Waals surface area contributed by atoms with Crippen molar-refractivity contribution in [2.75, 3.05) is 0 Å². The van der Waals surface area contributed by atoms with Gasteiger partial charge in [0.25, 0.3) is 0 Å². The standard InChI is InChI=1S/C21H19N5/c1-4-10-17(11-5-1)21(18-12-6-2-7-13-18)22-16-20-23-24-25-26(20)19-14-8-3-9-15-19/h1-15,21-22H,16H2. The maximum absolute atomic E-state index is 4.19. The molecule has 0 aliphatic carbocycles. The summed E-state index contributed by atoms with van der Waals surface area (Å²) in [5.41, 5.74) is 3.36. The molecule has 0 aliphatic rings. The van der Waals surface area contributed by atoms with Crippen LogP contribution in [-0.4, -0.2) is 20.2 Å². The van der Waals surface area contributed by atoms with Gasteiger partial charge in [-0.2, -0.15) is 4.68 Å². The summed E-state index contributed by atoms with van der Waals surface area (Å²) in [7, 11) is 0. The molecule has 26 heavy (non-hydrogen) atoms. The first kappa shape index (κ1) is 16.2. The molecule has 0 atom stereocenters. The Morgan fingerprint density at radius 2 is 1.27 bits per heavy atom. The molecule has 4 rings (SSSR count). The number of rotatable bonds is 6. The molecular weight excluding hydrogens is 322 g/mol. The van der Waals surface area contributed by atoms with Crippen LogP contribution in [0.2, 0.25) is 0 Å². The Balaban J connectivity index is 1.60. The molecule has 0 saturated carbocycles. The predicted molar refractivity (Wildman–Crippen MR) is 101 cm³/mol. The van der Waals surface area contributed by atoms with Crippen molar-refractivity contribution in [2.45, 2.75) is 12.6 Å². The van der Waals surface area contributed by atoms with Crippen LogP contribution in [0.3, 0.4) is 0 Å². The third-order valence-corrected chi connectivity index (χ3v) is 4.26. The van der Waals surface area contributed by atoms with Gasteiger partial charge >= 0.3 is 0 Å². The van der Waals surface area contributed by atoms with E-state index in [1.165, 1.54) is 11.1 Å². The Hall–Kier alpha value is -3.31. The summed E-state index contributed by atoms with van der Waals surface area (Å²) >= 11 is 0. The zero-order chi connectivity index (χ0) is 17.6. The van der Waals surface area contributed by atoms with E-state index < -0.39 is 0 Å². The van der Waals surface area contributed by atoms with Crippen LogP contribution >= 0.6 is 0 Å². The summed E-state index contributed by atoms with van der Waals surface area (Å²) in [5, 5.41) is 15.8. The normalized spacial score (nSPS) is 11.0. The van der Waals surface area contributed by atoms with Gasteiger partial charge in [-0.15, -0.1) is 5.10 Å². The molecule has 5 heteroatoms. The lowest BCUT2D eigenvalue weighted by Gasteiger charge is -2.19. The number of para-hydroxylation sites is 1. The monoisotopic (exact) mass is 341 g/mol. The van der Waals surface area contributed by atoms with E-state index in [9.17, 15) is 0 Å². The van der Waals surface area contributed by atoms with E-state index >= 15 is 0 Å². The van der Waals surface area contributed by atoms with Crippen LogP contribution in [0.25, 0.3) is 5.69 Å². The number of benzene rings is 3. The van der Waals surface area contributed by atoms with Gasteiger partial charge in [-0.1, -0.05) is 78.9 Å². The lowest BCUT2D eigenvalue weighted by molar-refractivity contribution is 0.576. The predicted octanol–water partition coefficient (Wildman–Crippen LogP) is 3.54. The first-order chi connectivity index (χ1) is 12.9. The van der Waals surface area contributed by atoms with Gasteiger partial charge in [-0.25, -0.2) is 0 Å². The minimum Gasteiger partial charge on any atom is -0.299 e. The summed E-state index contributed by atoms with van der Waals surface area (Å²) in [6.45, 7) is 0.552. The molecule has 3 aromatic carbocycles. The fourth-order valence-electron chi connectivity index (χ4n) is 3.00. The zero-order valence-electron chi connectivity index (χ0n) is 14.2. The van der Waals surface area contributed by atoms with Crippen LogP contribution in [-0.2, 0) is 6.54 Å². The van der Waals surface area contributed by atoms with Gasteiger partial charge in [-0.3, -0.25) is 5.32 Å². The van der Waals surface area contributed by atoms with Crippen LogP contribution in [0, 0.1) is 0 Å². The minimum absolute atomic E-state index is 0.0679. The van der Waals surface area contributed by atoms with Crippen LogP contribution in [0.5, 0.6) is 0 Å². The Labute approximate surface area is 152 Å². The second kappa shape index (κ2) is 7.72. The van der Waals surface area contributed by atoms with Gasteiger partial charge in [0.2, 0.25) is 0 Å². The molecule has 5 nitrogen and oxygen atoms in total. The highest BCUT2D eigenvalue weighted by Crippen LogP contribution is 2.22. The topological polar surface area (TPSA) is 55.6 Å². The van der Waals surface area contributed by atoms with E-state index in [-0.39, 0.29) is 6.04 Å². The molecule has 128 valence electrons. The highest BCUT2D eigenvalue weighted by atomic mass is 15.5. The molecule has 0 unspecified atom stereocenters. The average Bonchev–Trinajstić information content (AvgIpc) is 3.19. The van der Waals surface area contributed by atoms with Crippen LogP contribution in [0.15, 0.2) is 91.0 Å². The van der Waals surface area contributed by atoms with Crippen molar-refractivity contribution in [1.82, 2.24) is 25.5 Å². The molecule has 0 aliphatic heterocycles. The number of tetrazole rings is 1. The molecule has 1 heterocycles. The van der Waals surface area contributed by atoms with Crippen LogP contribution in [0.4, 0.5) is 0 Å². The molecule has 4 aromatic rings. The van der Waals surface area contributed by atoms with Crippen LogP contribution < -0.4 is 5.32 Å². The largest absolute Gasteiger partial charge is 0.299 e. The Kier molecular flexibility index (Phi) is 4.80. The molecule has 0 amide bonds.